The highest BCUT2D eigenvalue weighted by Gasteiger charge is 2.11. The molecule has 0 atom stereocenters. The molecular formula is C21H24N6O3. The molecule has 0 unspecified atom stereocenters. The molecule has 0 saturated carbocycles. The summed E-state index contributed by atoms with van der Waals surface area (Å²) in [6.45, 7) is 3.56. The first-order chi connectivity index (χ1) is 14.7. The van der Waals surface area contributed by atoms with E-state index in [0.29, 0.717) is 18.0 Å². The summed E-state index contributed by atoms with van der Waals surface area (Å²) in [6, 6.07) is 15.4. The number of nitrogens with one attached hydrogen (secondary N) is 1. The highest BCUT2D eigenvalue weighted by Crippen LogP contribution is 2.19. The van der Waals surface area contributed by atoms with E-state index in [1.165, 1.54) is 0 Å². The zero-order valence-electron chi connectivity index (χ0n) is 16.8. The monoisotopic (exact) mass is 408 g/mol. The molecule has 0 aliphatic carbocycles. The van der Waals surface area contributed by atoms with Crippen LogP contribution in [0, 0.1) is 0 Å². The van der Waals surface area contributed by atoms with E-state index in [1.807, 2.05) is 48.5 Å². The van der Waals surface area contributed by atoms with Crippen molar-refractivity contribution >= 4 is 17.3 Å². The van der Waals surface area contributed by atoms with E-state index in [0.717, 1.165) is 43.2 Å². The van der Waals surface area contributed by atoms with Gasteiger partial charge in [-0.3, -0.25) is 4.79 Å². The summed E-state index contributed by atoms with van der Waals surface area (Å²) in [5.74, 6) is 1.27. The van der Waals surface area contributed by atoms with Crippen LogP contribution < -0.4 is 15.0 Å². The summed E-state index contributed by atoms with van der Waals surface area (Å²) in [6.07, 6.45) is 0.290. The molecule has 2 heterocycles. The van der Waals surface area contributed by atoms with Crippen LogP contribution in [0.2, 0.25) is 0 Å². The molecule has 1 aromatic heterocycles. The van der Waals surface area contributed by atoms with Gasteiger partial charge in [-0.05, 0) is 52.4 Å². The van der Waals surface area contributed by atoms with Gasteiger partial charge in [0.2, 0.25) is 5.91 Å². The number of aryl methyl sites for hydroxylation is 1. The Morgan fingerprint density at radius 3 is 2.50 bits per heavy atom. The summed E-state index contributed by atoms with van der Waals surface area (Å²) in [5.41, 5.74) is 2.84. The minimum absolute atomic E-state index is 0.0621. The van der Waals surface area contributed by atoms with Gasteiger partial charge in [-0.15, -0.1) is 5.10 Å². The molecule has 1 N–H and O–H groups in total. The van der Waals surface area contributed by atoms with Crippen molar-refractivity contribution in [2.75, 3.05) is 36.5 Å². The van der Waals surface area contributed by atoms with E-state index < -0.39 is 0 Å². The van der Waals surface area contributed by atoms with Gasteiger partial charge in [-0.25, -0.2) is 4.68 Å². The zero-order chi connectivity index (χ0) is 20.8. The summed E-state index contributed by atoms with van der Waals surface area (Å²) in [7, 11) is 1.76. The predicted molar refractivity (Wildman–Crippen MR) is 111 cm³/mol. The zero-order valence-corrected chi connectivity index (χ0v) is 16.8. The number of nitrogens with zero attached hydrogens (tertiary/aromatic N) is 5. The topological polar surface area (TPSA) is 94.4 Å². The van der Waals surface area contributed by atoms with Crippen LogP contribution in [0.1, 0.15) is 11.4 Å². The third-order valence-electron chi connectivity index (χ3n) is 4.89. The van der Waals surface area contributed by atoms with Gasteiger partial charge in [0.1, 0.15) is 12.4 Å². The van der Waals surface area contributed by atoms with Gasteiger partial charge in [-0.2, -0.15) is 0 Å². The lowest BCUT2D eigenvalue weighted by atomic mass is 10.1. The van der Waals surface area contributed by atoms with Gasteiger partial charge in [0, 0.05) is 31.5 Å². The maximum Gasteiger partial charge on any atom is 0.228 e. The first-order valence-electron chi connectivity index (χ1n) is 9.83. The van der Waals surface area contributed by atoms with Gasteiger partial charge in [-0.1, -0.05) is 12.1 Å². The van der Waals surface area contributed by atoms with E-state index in [9.17, 15) is 4.79 Å². The number of tetrazole rings is 1. The Morgan fingerprint density at radius 2 is 1.83 bits per heavy atom. The Hall–Kier alpha value is -3.46. The van der Waals surface area contributed by atoms with Crippen molar-refractivity contribution in [1.29, 1.82) is 0 Å². The fourth-order valence-corrected chi connectivity index (χ4v) is 3.19. The molecule has 156 valence electrons. The molecule has 1 amide bonds. The van der Waals surface area contributed by atoms with Crippen LogP contribution in [0.4, 0.5) is 11.4 Å². The molecule has 0 radical (unpaired) electrons. The van der Waals surface area contributed by atoms with Crippen LogP contribution in [-0.4, -0.2) is 52.4 Å². The molecule has 3 aromatic rings. The third kappa shape index (κ3) is 5.12. The number of anilines is 2. The molecule has 2 aromatic carbocycles. The summed E-state index contributed by atoms with van der Waals surface area (Å²) >= 11 is 0. The molecule has 0 bridgehead atoms. The number of ether oxygens (including phenoxy) is 2. The van der Waals surface area contributed by atoms with E-state index >= 15 is 0 Å². The number of morpholine rings is 1. The van der Waals surface area contributed by atoms with Crippen molar-refractivity contribution in [3.8, 4) is 5.75 Å². The number of hydrogen-bond donors (Lipinski definition) is 1. The van der Waals surface area contributed by atoms with E-state index in [1.54, 1.807) is 11.7 Å². The van der Waals surface area contributed by atoms with Crippen LogP contribution in [-0.2, 0) is 29.6 Å². The van der Waals surface area contributed by atoms with Crippen molar-refractivity contribution in [2.24, 2.45) is 7.05 Å². The molecule has 1 fully saturated rings. The van der Waals surface area contributed by atoms with Crippen LogP contribution in [0.5, 0.6) is 5.75 Å². The Morgan fingerprint density at radius 1 is 1.10 bits per heavy atom. The lowest BCUT2D eigenvalue weighted by molar-refractivity contribution is -0.115. The molecule has 4 rings (SSSR count). The average Bonchev–Trinajstić information content (AvgIpc) is 3.19. The average molecular weight is 408 g/mol. The molecule has 1 aliphatic rings. The number of benzene rings is 2. The van der Waals surface area contributed by atoms with Crippen LogP contribution in [0.3, 0.4) is 0 Å². The Kier molecular flexibility index (Phi) is 6.19. The second-order valence-electron chi connectivity index (χ2n) is 7.02. The number of carbonyl (C=O) groups is 1. The first-order valence-corrected chi connectivity index (χ1v) is 9.83. The minimum atomic E-state index is -0.0621. The summed E-state index contributed by atoms with van der Waals surface area (Å²) < 4.78 is 12.6. The normalized spacial score (nSPS) is 13.8. The maximum atomic E-state index is 12.4. The van der Waals surface area contributed by atoms with E-state index in [-0.39, 0.29) is 12.5 Å². The second-order valence-corrected chi connectivity index (χ2v) is 7.02. The van der Waals surface area contributed by atoms with Gasteiger partial charge in [0.05, 0.1) is 19.6 Å². The standard InChI is InChI=1S/C21H24N6O3/c1-26-20(23-24-25-26)15-30-19-8-2-16(3-9-19)14-21(28)22-17-4-6-18(7-5-17)27-10-12-29-13-11-27/h2-9H,10-15H2,1H3,(H,22,28). The Balaban J connectivity index is 1.26. The maximum absolute atomic E-state index is 12.4. The van der Waals surface area contributed by atoms with Gasteiger partial charge in [0.25, 0.3) is 0 Å². The molecule has 1 saturated heterocycles. The quantitative estimate of drug-likeness (QED) is 0.637. The van der Waals surface area contributed by atoms with Crippen molar-refractivity contribution < 1.29 is 14.3 Å². The number of carbonyl (C=O) groups excluding carboxylic acids is 1. The van der Waals surface area contributed by atoms with Gasteiger partial charge >= 0.3 is 0 Å². The number of amides is 1. The smallest absolute Gasteiger partial charge is 0.228 e. The fourth-order valence-electron chi connectivity index (χ4n) is 3.19. The lowest BCUT2D eigenvalue weighted by Crippen LogP contribution is -2.36. The minimum Gasteiger partial charge on any atom is -0.486 e. The highest BCUT2D eigenvalue weighted by molar-refractivity contribution is 5.92. The second kappa shape index (κ2) is 9.36. The Bertz CT molecular complexity index is 965. The summed E-state index contributed by atoms with van der Waals surface area (Å²) in [5, 5.41) is 14.2. The third-order valence-corrected chi connectivity index (χ3v) is 4.89. The SMILES string of the molecule is Cn1nnnc1COc1ccc(CC(=O)Nc2ccc(N3CCOCC3)cc2)cc1. The van der Waals surface area contributed by atoms with E-state index in [2.05, 4.69) is 25.7 Å². The van der Waals surface area contributed by atoms with Crippen molar-refractivity contribution in [1.82, 2.24) is 20.2 Å². The molecule has 9 nitrogen and oxygen atoms in total. The number of aromatic nitrogens is 4. The van der Waals surface area contributed by atoms with Gasteiger partial charge in [0.15, 0.2) is 5.82 Å². The lowest BCUT2D eigenvalue weighted by Gasteiger charge is -2.28. The van der Waals surface area contributed by atoms with Crippen LogP contribution in [0.15, 0.2) is 48.5 Å². The molecule has 0 spiro atoms. The van der Waals surface area contributed by atoms with Crippen molar-refractivity contribution in [2.45, 2.75) is 13.0 Å². The van der Waals surface area contributed by atoms with Gasteiger partial charge < -0.3 is 19.7 Å². The largest absolute Gasteiger partial charge is 0.486 e. The van der Waals surface area contributed by atoms with Crippen LogP contribution in [0.25, 0.3) is 0 Å². The van der Waals surface area contributed by atoms with E-state index in [4.69, 9.17) is 9.47 Å². The molecule has 9 heteroatoms. The molecule has 30 heavy (non-hydrogen) atoms. The Labute approximate surface area is 174 Å². The summed E-state index contributed by atoms with van der Waals surface area (Å²) in [4.78, 5) is 14.7. The highest BCUT2D eigenvalue weighted by atomic mass is 16.5. The number of rotatable bonds is 7. The molecule has 1 aliphatic heterocycles. The fraction of sp³-hybridized carbons (Fsp3) is 0.333. The first kappa shape index (κ1) is 19.8. The van der Waals surface area contributed by atoms with Crippen LogP contribution >= 0.6 is 0 Å². The van der Waals surface area contributed by atoms with Crippen molar-refractivity contribution in [3.63, 3.8) is 0 Å². The van der Waals surface area contributed by atoms with Crippen molar-refractivity contribution in [3.05, 3.63) is 59.9 Å². The molecular weight excluding hydrogens is 384 g/mol. The number of hydrogen-bond acceptors (Lipinski definition) is 7. The predicted octanol–water partition coefficient (Wildman–Crippen LogP) is 1.81.